The molecular formula is C23H30N4O2S4. The first-order valence-electron chi connectivity index (χ1n) is 11.5. The van der Waals surface area contributed by atoms with Crippen LogP contribution in [0, 0.1) is 0 Å². The second-order valence-electron chi connectivity index (χ2n) is 8.67. The molecule has 0 saturated carbocycles. The molecule has 5 rings (SSSR count). The van der Waals surface area contributed by atoms with Gasteiger partial charge in [0.15, 0.2) is 0 Å². The summed E-state index contributed by atoms with van der Waals surface area (Å²) >= 11 is 5.20. The number of hydrogen-bond acceptors (Lipinski definition) is 8. The van der Waals surface area contributed by atoms with E-state index in [4.69, 9.17) is 4.99 Å². The normalized spacial score (nSPS) is 23.2. The van der Waals surface area contributed by atoms with Crippen molar-refractivity contribution in [2.45, 2.75) is 47.2 Å². The Morgan fingerprint density at radius 3 is 2.85 bits per heavy atom. The Morgan fingerprint density at radius 1 is 1.21 bits per heavy atom. The van der Waals surface area contributed by atoms with Crippen LogP contribution in [0.2, 0.25) is 0 Å². The fourth-order valence-electron chi connectivity index (χ4n) is 4.58. The van der Waals surface area contributed by atoms with Gasteiger partial charge in [0.2, 0.25) is 0 Å². The van der Waals surface area contributed by atoms with Crippen molar-refractivity contribution in [3.8, 4) is 0 Å². The largest absolute Gasteiger partial charge is 0.374 e. The molecule has 0 amide bonds. The SMILES string of the molecule is CN(c1cccc2c1NC(C1=NCC(CCNC3CCSCC3)S1)C2)S(=O)(=O)c1cccs1. The van der Waals surface area contributed by atoms with E-state index >= 15 is 0 Å². The smallest absolute Gasteiger partial charge is 0.273 e. The summed E-state index contributed by atoms with van der Waals surface area (Å²) in [6.45, 7) is 1.93. The zero-order valence-electron chi connectivity index (χ0n) is 18.7. The minimum Gasteiger partial charge on any atom is -0.374 e. The lowest BCUT2D eigenvalue weighted by Crippen LogP contribution is -2.34. The van der Waals surface area contributed by atoms with Crippen molar-refractivity contribution in [1.29, 1.82) is 0 Å². The summed E-state index contributed by atoms with van der Waals surface area (Å²) < 4.78 is 27.9. The molecule has 2 unspecified atom stereocenters. The summed E-state index contributed by atoms with van der Waals surface area (Å²) in [5.41, 5.74) is 2.75. The number of thioether (sulfide) groups is 2. The molecule has 0 aliphatic carbocycles. The highest BCUT2D eigenvalue weighted by atomic mass is 32.2. The third-order valence-corrected chi connectivity index (χ3v) is 12.0. The lowest BCUT2D eigenvalue weighted by molar-refractivity contribution is 0.476. The zero-order chi connectivity index (χ0) is 22.8. The standard InChI is InChI=1S/C23H30N4O2S4/c1-27(33(28,29)21-6-3-11-31-21)20-5-2-4-16-14-19(26-22(16)20)23-25-15-18(32-23)7-10-24-17-8-12-30-13-9-17/h2-6,11,17-19,24,26H,7-10,12-15H2,1H3. The second kappa shape index (κ2) is 10.2. The molecule has 6 nitrogen and oxygen atoms in total. The number of fused-ring (bicyclic) bond motifs is 1. The maximum absolute atomic E-state index is 13.1. The topological polar surface area (TPSA) is 73.8 Å². The molecule has 1 aromatic carbocycles. The summed E-state index contributed by atoms with van der Waals surface area (Å²) in [4.78, 5) is 4.87. The van der Waals surface area contributed by atoms with Crippen LogP contribution in [0.25, 0.3) is 0 Å². The van der Waals surface area contributed by atoms with Gasteiger partial charge < -0.3 is 10.6 Å². The first-order chi connectivity index (χ1) is 16.0. The van der Waals surface area contributed by atoms with E-state index in [1.165, 1.54) is 40.0 Å². The van der Waals surface area contributed by atoms with Gasteiger partial charge in [-0.2, -0.15) is 11.8 Å². The van der Waals surface area contributed by atoms with Crippen LogP contribution in [0.15, 0.2) is 44.9 Å². The van der Waals surface area contributed by atoms with E-state index in [0.717, 1.165) is 42.2 Å². The molecule has 1 aromatic heterocycles. The Labute approximate surface area is 209 Å². The van der Waals surface area contributed by atoms with E-state index in [1.807, 2.05) is 23.9 Å². The van der Waals surface area contributed by atoms with Gasteiger partial charge in [0.1, 0.15) is 4.21 Å². The van der Waals surface area contributed by atoms with Gasteiger partial charge >= 0.3 is 0 Å². The van der Waals surface area contributed by atoms with Crippen LogP contribution in [-0.4, -0.2) is 62.4 Å². The van der Waals surface area contributed by atoms with Gasteiger partial charge in [0.05, 0.1) is 29.0 Å². The number of sulfonamides is 1. The average molecular weight is 523 g/mol. The van der Waals surface area contributed by atoms with Crippen LogP contribution >= 0.6 is 34.9 Å². The molecule has 10 heteroatoms. The highest BCUT2D eigenvalue weighted by molar-refractivity contribution is 8.14. The van der Waals surface area contributed by atoms with Crippen molar-refractivity contribution in [1.82, 2.24) is 5.32 Å². The molecule has 0 spiro atoms. The van der Waals surface area contributed by atoms with E-state index < -0.39 is 10.0 Å². The lowest BCUT2D eigenvalue weighted by Gasteiger charge is -2.23. The average Bonchev–Trinajstić information content (AvgIpc) is 3.59. The fourth-order valence-corrected chi connectivity index (χ4v) is 9.24. The van der Waals surface area contributed by atoms with Gasteiger partial charge in [-0.25, -0.2) is 8.42 Å². The van der Waals surface area contributed by atoms with Crippen LogP contribution in [-0.2, 0) is 16.4 Å². The molecule has 1 saturated heterocycles. The Kier molecular flexibility index (Phi) is 7.27. The molecule has 178 valence electrons. The number of rotatable bonds is 8. The minimum atomic E-state index is -3.57. The van der Waals surface area contributed by atoms with Crippen LogP contribution in [0.1, 0.15) is 24.8 Å². The maximum atomic E-state index is 13.1. The van der Waals surface area contributed by atoms with Gasteiger partial charge in [-0.3, -0.25) is 9.30 Å². The Balaban J connectivity index is 1.20. The molecule has 4 heterocycles. The summed E-state index contributed by atoms with van der Waals surface area (Å²) in [6.07, 6.45) is 4.54. The second-order valence-corrected chi connectivity index (χ2v) is 14.4. The quantitative estimate of drug-likeness (QED) is 0.539. The van der Waals surface area contributed by atoms with Crippen molar-refractivity contribution in [2.75, 3.05) is 41.3 Å². The summed E-state index contributed by atoms with van der Waals surface area (Å²) in [5, 5.41) is 10.8. The molecular weight excluding hydrogens is 493 g/mol. The molecule has 3 aliphatic rings. The van der Waals surface area contributed by atoms with Crippen LogP contribution in [0.5, 0.6) is 0 Å². The Morgan fingerprint density at radius 2 is 2.06 bits per heavy atom. The van der Waals surface area contributed by atoms with Crippen molar-refractivity contribution in [2.24, 2.45) is 4.99 Å². The first-order valence-corrected chi connectivity index (χ1v) is 15.8. The minimum absolute atomic E-state index is 0.123. The van der Waals surface area contributed by atoms with Gasteiger partial charge in [-0.15, -0.1) is 23.1 Å². The van der Waals surface area contributed by atoms with E-state index in [1.54, 1.807) is 24.6 Å². The number of hydrogen-bond donors (Lipinski definition) is 2. The maximum Gasteiger partial charge on any atom is 0.273 e. The molecule has 33 heavy (non-hydrogen) atoms. The number of aliphatic imine (C=N–C) groups is 1. The summed E-state index contributed by atoms with van der Waals surface area (Å²) in [5.74, 6) is 2.56. The van der Waals surface area contributed by atoms with E-state index in [2.05, 4.69) is 28.5 Å². The third kappa shape index (κ3) is 5.10. The molecule has 1 fully saturated rings. The number of thiophene rings is 1. The number of anilines is 2. The molecule has 0 bridgehead atoms. The van der Waals surface area contributed by atoms with Gasteiger partial charge in [-0.05, 0) is 60.4 Å². The van der Waals surface area contributed by atoms with Crippen molar-refractivity contribution >= 4 is 61.3 Å². The van der Waals surface area contributed by atoms with Crippen LogP contribution < -0.4 is 14.9 Å². The Bertz CT molecular complexity index is 1100. The molecule has 3 aliphatic heterocycles. The van der Waals surface area contributed by atoms with Crippen molar-refractivity contribution in [3.63, 3.8) is 0 Å². The van der Waals surface area contributed by atoms with Gasteiger partial charge in [0.25, 0.3) is 10.0 Å². The van der Waals surface area contributed by atoms with Crippen molar-refractivity contribution < 1.29 is 8.42 Å². The molecule has 2 N–H and O–H groups in total. The highest BCUT2D eigenvalue weighted by Gasteiger charge is 2.34. The lowest BCUT2D eigenvalue weighted by atomic mass is 10.1. The Hall–Kier alpha value is -1.20. The van der Waals surface area contributed by atoms with Gasteiger partial charge in [0, 0.05) is 24.8 Å². The van der Waals surface area contributed by atoms with Crippen LogP contribution in [0.4, 0.5) is 11.4 Å². The number of benzene rings is 1. The van der Waals surface area contributed by atoms with Crippen molar-refractivity contribution in [3.05, 3.63) is 41.3 Å². The van der Waals surface area contributed by atoms with E-state index in [-0.39, 0.29) is 6.04 Å². The molecule has 2 atom stereocenters. The third-order valence-electron chi connectivity index (χ3n) is 6.48. The van der Waals surface area contributed by atoms with E-state index in [9.17, 15) is 8.42 Å². The molecule has 2 aromatic rings. The van der Waals surface area contributed by atoms with Crippen LogP contribution in [0.3, 0.4) is 0 Å². The molecule has 0 radical (unpaired) electrons. The first kappa shape index (κ1) is 23.5. The predicted molar refractivity (Wildman–Crippen MR) is 144 cm³/mol. The summed E-state index contributed by atoms with van der Waals surface area (Å²) in [7, 11) is -1.93. The number of para-hydroxylation sites is 1. The fraction of sp³-hybridized carbons (Fsp3) is 0.522. The van der Waals surface area contributed by atoms with E-state index in [0.29, 0.717) is 21.2 Å². The summed E-state index contributed by atoms with van der Waals surface area (Å²) in [6, 6.07) is 10.1. The van der Waals surface area contributed by atoms with Gasteiger partial charge in [-0.1, -0.05) is 18.2 Å². The highest BCUT2D eigenvalue weighted by Crippen LogP contribution is 2.40. The predicted octanol–water partition coefficient (Wildman–Crippen LogP) is 4.30. The number of nitrogens with one attached hydrogen (secondary N) is 2. The number of nitrogens with zero attached hydrogens (tertiary/aromatic N) is 2. The zero-order valence-corrected chi connectivity index (χ0v) is 22.0. The monoisotopic (exact) mass is 522 g/mol.